The van der Waals surface area contributed by atoms with Crippen LogP contribution in [0, 0.1) is 40.4 Å². The molecule has 3 heteroatoms. The molecule has 152 valence electrons. The molecule has 3 saturated carbocycles. The summed E-state index contributed by atoms with van der Waals surface area (Å²) in [5.41, 5.74) is 2.27. The molecule has 0 aliphatic heterocycles. The number of hydrogen-bond donors (Lipinski definition) is 2. The number of allylic oxidation sites excluding steroid dienone is 1. The monoisotopic (exact) mass is 374 g/mol. The lowest BCUT2D eigenvalue weighted by Gasteiger charge is -2.58. The molecule has 0 aromatic carbocycles. The van der Waals surface area contributed by atoms with Crippen molar-refractivity contribution in [3.8, 4) is 0 Å². The van der Waals surface area contributed by atoms with Crippen LogP contribution in [0.1, 0.15) is 85.0 Å². The van der Waals surface area contributed by atoms with Crippen molar-refractivity contribution in [2.45, 2.75) is 91.1 Å². The van der Waals surface area contributed by atoms with E-state index >= 15 is 0 Å². The largest absolute Gasteiger partial charge is 0.481 e. The van der Waals surface area contributed by atoms with Crippen molar-refractivity contribution in [1.29, 1.82) is 0 Å². The second-order valence-corrected chi connectivity index (χ2v) is 10.8. The van der Waals surface area contributed by atoms with E-state index in [9.17, 15) is 9.90 Å². The first-order valence-electron chi connectivity index (χ1n) is 11.3. The molecule has 0 bridgehead atoms. The molecule has 0 radical (unpaired) electrons. The summed E-state index contributed by atoms with van der Waals surface area (Å²) in [6, 6.07) is 0. The smallest absolute Gasteiger partial charge is 0.303 e. The van der Waals surface area contributed by atoms with Crippen LogP contribution in [0.5, 0.6) is 0 Å². The van der Waals surface area contributed by atoms with Crippen molar-refractivity contribution < 1.29 is 15.0 Å². The Morgan fingerprint density at radius 1 is 1.19 bits per heavy atom. The topological polar surface area (TPSA) is 57.5 Å². The van der Waals surface area contributed by atoms with Gasteiger partial charge in [-0.05, 0) is 98.2 Å². The maximum Gasteiger partial charge on any atom is 0.303 e. The Morgan fingerprint density at radius 2 is 1.96 bits per heavy atom. The molecular formula is C24H38O3. The van der Waals surface area contributed by atoms with Gasteiger partial charge in [0.25, 0.3) is 0 Å². The van der Waals surface area contributed by atoms with Crippen LogP contribution < -0.4 is 0 Å². The summed E-state index contributed by atoms with van der Waals surface area (Å²) in [5, 5.41) is 19.2. The number of fused-ring (bicyclic) bond motifs is 5. The molecule has 0 aromatic heterocycles. The third-order valence-electron chi connectivity index (χ3n) is 9.65. The average Bonchev–Trinajstić information content (AvgIpc) is 2.97. The van der Waals surface area contributed by atoms with E-state index < -0.39 is 5.97 Å². The first kappa shape index (κ1) is 19.5. The van der Waals surface area contributed by atoms with Crippen molar-refractivity contribution in [1.82, 2.24) is 0 Å². The molecule has 4 aliphatic rings. The number of carboxylic acids is 1. The van der Waals surface area contributed by atoms with Crippen LogP contribution in [0.2, 0.25) is 0 Å². The lowest BCUT2D eigenvalue weighted by molar-refractivity contribution is -0.137. The van der Waals surface area contributed by atoms with Gasteiger partial charge in [0.2, 0.25) is 0 Å². The highest BCUT2D eigenvalue weighted by atomic mass is 16.4. The van der Waals surface area contributed by atoms with Crippen LogP contribution in [0.3, 0.4) is 0 Å². The molecule has 0 saturated heterocycles. The van der Waals surface area contributed by atoms with Gasteiger partial charge in [-0.1, -0.05) is 32.4 Å². The maximum atomic E-state index is 11.0. The predicted molar refractivity (Wildman–Crippen MR) is 107 cm³/mol. The second kappa shape index (κ2) is 6.90. The van der Waals surface area contributed by atoms with Crippen LogP contribution in [0.4, 0.5) is 0 Å². The van der Waals surface area contributed by atoms with Gasteiger partial charge in [-0.15, -0.1) is 0 Å². The third kappa shape index (κ3) is 3.09. The molecule has 0 heterocycles. The number of aliphatic hydroxyl groups excluding tert-OH is 1. The summed E-state index contributed by atoms with van der Waals surface area (Å²) in [5.74, 6) is 2.94. The minimum Gasteiger partial charge on any atom is -0.481 e. The van der Waals surface area contributed by atoms with E-state index in [4.69, 9.17) is 5.11 Å². The fraction of sp³-hybridized carbons (Fsp3) is 0.875. The lowest BCUT2D eigenvalue weighted by Crippen LogP contribution is -2.50. The zero-order chi connectivity index (χ0) is 19.4. The van der Waals surface area contributed by atoms with Crippen LogP contribution in [0.25, 0.3) is 0 Å². The standard InChI is InChI=1S/C24H38O3/c1-15(4-9-22(26)27)19-7-8-20-18-6-5-16-14-17(25)10-12-23(16,2)21(18)11-13-24(19,20)3/h5,15,17-21,25H,4,6-14H2,1-3H3,(H,26,27)/t15-,17?,18+,19-,20+,21+,23+,24-/m1/s1. The Bertz CT molecular complexity index is 625. The van der Waals surface area contributed by atoms with Crippen molar-refractivity contribution in [2.24, 2.45) is 40.4 Å². The van der Waals surface area contributed by atoms with E-state index in [-0.39, 0.29) is 6.10 Å². The first-order valence-corrected chi connectivity index (χ1v) is 11.3. The van der Waals surface area contributed by atoms with E-state index in [1.54, 1.807) is 5.57 Å². The average molecular weight is 375 g/mol. The molecule has 27 heavy (non-hydrogen) atoms. The fourth-order valence-electron chi connectivity index (χ4n) is 8.17. The van der Waals surface area contributed by atoms with Gasteiger partial charge in [-0.3, -0.25) is 4.79 Å². The summed E-state index contributed by atoms with van der Waals surface area (Å²) in [6.07, 6.45) is 13.0. The highest BCUT2D eigenvalue weighted by molar-refractivity contribution is 5.66. The Morgan fingerprint density at radius 3 is 2.70 bits per heavy atom. The van der Waals surface area contributed by atoms with Gasteiger partial charge in [0.05, 0.1) is 6.10 Å². The molecule has 8 atom stereocenters. The normalized spacial score (nSPS) is 47.4. The third-order valence-corrected chi connectivity index (χ3v) is 9.65. The van der Waals surface area contributed by atoms with Crippen LogP contribution in [0.15, 0.2) is 11.6 Å². The van der Waals surface area contributed by atoms with Gasteiger partial charge in [0.15, 0.2) is 0 Å². The van der Waals surface area contributed by atoms with Gasteiger partial charge < -0.3 is 10.2 Å². The Kier molecular flexibility index (Phi) is 4.98. The van der Waals surface area contributed by atoms with Gasteiger partial charge in [0, 0.05) is 6.42 Å². The fourth-order valence-corrected chi connectivity index (χ4v) is 8.17. The van der Waals surface area contributed by atoms with Crippen molar-refractivity contribution in [3.63, 3.8) is 0 Å². The molecule has 0 aromatic rings. The molecule has 2 N–H and O–H groups in total. The summed E-state index contributed by atoms with van der Waals surface area (Å²) < 4.78 is 0. The molecule has 4 aliphatic carbocycles. The SMILES string of the molecule is C[C@H](CCC(=O)O)[C@H]1CC[C@H]2[C@@H]3CC=C4CC(O)CC[C@]4(C)[C@H]3CC[C@]12C. The molecule has 0 spiro atoms. The molecule has 1 unspecified atom stereocenters. The van der Waals surface area contributed by atoms with Gasteiger partial charge in [0.1, 0.15) is 0 Å². The van der Waals surface area contributed by atoms with Crippen LogP contribution >= 0.6 is 0 Å². The summed E-state index contributed by atoms with van der Waals surface area (Å²) in [4.78, 5) is 11.0. The number of aliphatic carboxylic acids is 1. The van der Waals surface area contributed by atoms with Crippen LogP contribution in [-0.2, 0) is 4.79 Å². The van der Waals surface area contributed by atoms with E-state index in [2.05, 4.69) is 26.8 Å². The zero-order valence-electron chi connectivity index (χ0n) is 17.4. The number of aliphatic hydroxyl groups is 1. The van der Waals surface area contributed by atoms with Crippen molar-refractivity contribution in [2.75, 3.05) is 0 Å². The molecular weight excluding hydrogens is 336 g/mol. The summed E-state index contributed by atoms with van der Waals surface area (Å²) in [7, 11) is 0. The van der Waals surface area contributed by atoms with Gasteiger partial charge >= 0.3 is 5.97 Å². The maximum absolute atomic E-state index is 11.0. The number of carbonyl (C=O) groups is 1. The molecule has 3 nitrogen and oxygen atoms in total. The van der Waals surface area contributed by atoms with E-state index in [1.165, 1.54) is 32.1 Å². The summed E-state index contributed by atoms with van der Waals surface area (Å²) in [6.45, 7) is 7.33. The van der Waals surface area contributed by atoms with E-state index in [0.29, 0.717) is 29.1 Å². The Hall–Kier alpha value is -0.830. The molecule has 0 amide bonds. The molecule has 4 rings (SSSR count). The summed E-state index contributed by atoms with van der Waals surface area (Å²) >= 11 is 0. The number of carboxylic acid groups (broad SMARTS) is 1. The van der Waals surface area contributed by atoms with Crippen LogP contribution in [-0.4, -0.2) is 22.3 Å². The number of hydrogen-bond acceptors (Lipinski definition) is 2. The Labute approximate surface area is 164 Å². The van der Waals surface area contributed by atoms with Gasteiger partial charge in [-0.25, -0.2) is 0 Å². The zero-order valence-corrected chi connectivity index (χ0v) is 17.4. The van der Waals surface area contributed by atoms with Crippen molar-refractivity contribution >= 4 is 5.97 Å². The highest BCUT2D eigenvalue weighted by Crippen LogP contribution is 2.67. The lowest BCUT2D eigenvalue weighted by atomic mass is 9.47. The van der Waals surface area contributed by atoms with Gasteiger partial charge in [-0.2, -0.15) is 0 Å². The predicted octanol–water partition coefficient (Wildman–Crippen LogP) is 5.43. The van der Waals surface area contributed by atoms with E-state index in [0.717, 1.165) is 43.4 Å². The second-order valence-electron chi connectivity index (χ2n) is 10.8. The van der Waals surface area contributed by atoms with Crippen molar-refractivity contribution in [3.05, 3.63) is 11.6 Å². The quantitative estimate of drug-likeness (QED) is 0.645. The first-order chi connectivity index (χ1) is 12.8. The molecule has 3 fully saturated rings. The highest BCUT2D eigenvalue weighted by Gasteiger charge is 2.59. The number of rotatable bonds is 4. The van der Waals surface area contributed by atoms with E-state index in [1.807, 2.05) is 0 Å². The Balaban J connectivity index is 1.54. The minimum atomic E-state index is -0.650. The minimum absolute atomic E-state index is 0.124.